The second-order valence-electron chi connectivity index (χ2n) is 12.1. The van der Waals surface area contributed by atoms with E-state index in [1.165, 1.54) is 22.5 Å². The lowest BCUT2D eigenvalue weighted by Gasteiger charge is -2.42. The van der Waals surface area contributed by atoms with Crippen molar-refractivity contribution in [3.63, 3.8) is 0 Å². The summed E-state index contributed by atoms with van der Waals surface area (Å²) in [5, 5.41) is 0. The van der Waals surface area contributed by atoms with Gasteiger partial charge in [-0.1, -0.05) is 141 Å². The highest BCUT2D eigenvalue weighted by Gasteiger charge is 2.37. The summed E-state index contributed by atoms with van der Waals surface area (Å²) in [5.41, 5.74) is 11.0. The summed E-state index contributed by atoms with van der Waals surface area (Å²) >= 11 is 0. The molecule has 0 fully saturated rings. The van der Waals surface area contributed by atoms with Crippen LogP contribution < -0.4 is 4.90 Å². The average Bonchev–Trinajstić information content (AvgIpc) is 3.13. The van der Waals surface area contributed by atoms with Crippen molar-refractivity contribution >= 4 is 17.1 Å². The van der Waals surface area contributed by atoms with Crippen molar-refractivity contribution in [1.82, 2.24) is 15.0 Å². The van der Waals surface area contributed by atoms with Gasteiger partial charge in [-0.25, -0.2) is 15.0 Å². The molecule has 0 saturated heterocycles. The lowest BCUT2D eigenvalue weighted by Crippen LogP contribution is -2.30. The molecule has 4 heteroatoms. The predicted molar refractivity (Wildman–Crippen MR) is 188 cm³/mol. The monoisotopic (exact) mass is 592 g/mol. The topological polar surface area (TPSA) is 41.9 Å². The van der Waals surface area contributed by atoms with Gasteiger partial charge in [0.05, 0.1) is 11.4 Å². The van der Waals surface area contributed by atoms with E-state index in [0.717, 1.165) is 33.5 Å². The predicted octanol–water partition coefficient (Wildman–Crippen LogP) is 10.6. The quantitative estimate of drug-likeness (QED) is 0.199. The number of anilines is 3. The van der Waals surface area contributed by atoms with E-state index in [1.807, 2.05) is 60.7 Å². The zero-order chi connectivity index (χ0) is 31.1. The molecule has 2 heterocycles. The van der Waals surface area contributed by atoms with Crippen LogP contribution in [-0.2, 0) is 5.41 Å². The largest absolute Gasteiger partial charge is 0.310 e. The maximum atomic E-state index is 5.05. The number of rotatable bonds is 5. The zero-order valence-electron chi connectivity index (χ0n) is 25.8. The number of benzene rings is 6. The molecule has 8 rings (SSSR count). The maximum Gasteiger partial charge on any atom is 0.164 e. The summed E-state index contributed by atoms with van der Waals surface area (Å²) in [6, 6.07) is 54.9. The highest BCUT2D eigenvalue weighted by atomic mass is 15.2. The van der Waals surface area contributed by atoms with Crippen molar-refractivity contribution in [2.24, 2.45) is 0 Å². The van der Waals surface area contributed by atoms with Crippen molar-refractivity contribution in [2.45, 2.75) is 19.3 Å². The molecule has 0 amide bonds. The van der Waals surface area contributed by atoms with Gasteiger partial charge in [0.2, 0.25) is 0 Å². The highest BCUT2D eigenvalue weighted by Crippen LogP contribution is 2.52. The van der Waals surface area contributed by atoms with Crippen molar-refractivity contribution in [3.8, 4) is 45.3 Å². The van der Waals surface area contributed by atoms with Crippen LogP contribution in [0.15, 0.2) is 158 Å². The van der Waals surface area contributed by atoms with Gasteiger partial charge in [0.15, 0.2) is 17.5 Å². The van der Waals surface area contributed by atoms with Gasteiger partial charge in [0, 0.05) is 27.8 Å². The Kier molecular flexibility index (Phi) is 6.76. The fourth-order valence-electron chi connectivity index (χ4n) is 6.59. The molecule has 0 saturated carbocycles. The second-order valence-corrected chi connectivity index (χ2v) is 12.1. The minimum atomic E-state index is -0.212. The van der Waals surface area contributed by atoms with Crippen LogP contribution in [0.4, 0.5) is 17.1 Å². The molecule has 220 valence electrons. The van der Waals surface area contributed by atoms with E-state index < -0.39 is 0 Å². The van der Waals surface area contributed by atoms with Gasteiger partial charge in [0.25, 0.3) is 0 Å². The molecule has 0 bridgehead atoms. The summed E-state index contributed by atoms with van der Waals surface area (Å²) in [7, 11) is 0. The molecule has 0 atom stereocenters. The van der Waals surface area contributed by atoms with E-state index in [4.69, 9.17) is 15.0 Å². The normalized spacial score (nSPS) is 13.1. The van der Waals surface area contributed by atoms with Crippen molar-refractivity contribution in [2.75, 3.05) is 4.90 Å². The van der Waals surface area contributed by atoms with Gasteiger partial charge in [-0.15, -0.1) is 0 Å². The molecule has 0 unspecified atom stereocenters. The Morgan fingerprint density at radius 2 is 0.913 bits per heavy atom. The SMILES string of the molecule is CC1(C)c2ccccc2N(c2ccccc2)c2ccc(-c3ccccc3-c3nc(-c4ccccc4)nc(-c4ccccc4)n3)cc21. The molecule has 1 aliphatic rings. The van der Waals surface area contributed by atoms with E-state index >= 15 is 0 Å². The van der Waals surface area contributed by atoms with Crippen LogP contribution >= 0.6 is 0 Å². The molecule has 0 aliphatic carbocycles. The number of hydrogen-bond donors (Lipinski definition) is 0. The van der Waals surface area contributed by atoms with Crippen LogP contribution in [0.3, 0.4) is 0 Å². The molecule has 0 spiro atoms. The van der Waals surface area contributed by atoms with Crippen molar-refractivity contribution < 1.29 is 0 Å². The second kappa shape index (κ2) is 11.2. The van der Waals surface area contributed by atoms with E-state index in [0.29, 0.717) is 17.5 Å². The Morgan fingerprint density at radius 1 is 0.413 bits per heavy atom. The zero-order valence-corrected chi connectivity index (χ0v) is 25.8. The molecule has 6 aromatic carbocycles. The van der Waals surface area contributed by atoms with Crippen LogP contribution in [0, 0.1) is 0 Å². The Morgan fingerprint density at radius 3 is 1.57 bits per heavy atom. The first-order valence-electron chi connectivity index (χ1n) is 15.6. The molecule has 46 heavy (non-hydrogen) atoms. The van der Waals surface area contributed by atoms with Gasteiger partial charge in [-0.05, 0) is 52.6 Å². The molecule has 1 aromatic heterocycles. The molecule has 7 aromatic rings. The van der Waals surface area contributed by atoms with Crippen LogP contribution in [0.1, 0.15) is 25.0 Å². The molecular formula is C42H32N4. The Hall–Kier alpha value is -5.87. The van der Waals surface area contributed by atoms with Crippen molar-refractivity contribution in [3.05, 3.63) is 169 Å². The van der Waals surface area contributed by atoms with Crippen LogP contribution in [0.5, 0.6) is 0 Å². The van der Waals surface area contributed by atoms with E-state index in [1.54, 1.807) is 0 Å². The Balaban J connectivity index is 1.31. The third kappa shape index (κ3) is 4.76. The molecule has 0 radical (unpaired) electrons. The molecule has 4 nitrogen and oxygen atoms in total. The van der Waals surface area contributed by atoms with Gasteiger partial charge < -0.3 is 4.90 Å². The van der Waals surface area contributed by atoms with Gasteiger partial charge in [-0.3, -0.25) is 0 Å². The minimum absolute atomic E-state index is 0.212. The van der Waals surface area contributed by atoms with Gasteiger partial charge in [-0.2, -0.15) is 0 Å². The van der Waals surface area contributed by atoms with E-state index in [-0.39, 0.29) is 5.41 Å². The van der Waals surface area contributed by atoms with E-state index in [2.05, 4.69) is 116 Å². The lowest BCUT2D eigenvalue weighted by atomic mass is 9.72. The average molecular weight is 593 g/mol. The number of fused-ring (bicyclic) bond motifs is 2. The molecule has 1 aliphatic heterocycles. The third-order valence-electron chi connectivity index (χ3n) is 8.92. The summed E-state index contributed by atoms with van der Waals surface area (Å²) in [4.78, 5) is 17.4. The number of aromatic nitrogens is 3. The van der Waals surface area contributed by atoms with Gasteiger partial charge in [0.1, 0.15) is 0 Å². The number of nitrogens with zero attached hydrogens (tertiary/aromatic N) is 4. The first kappa shape index (κ1) is 27.7. The summed E-state index contributed by atoms with van der Waals surface area (Å²) in [6.07, 6.45) is 0. The first-order valence-corrected chi connectivity index (χ1v) is 15.6. The van der Waals surface area contributed by atoms with E-state index in [9.17, 15) is 0 Å². The summed E-state index contributed by atoms with van der Waals surface area (Å²) in [5.74, 6) is 1.96. The summed E-state index contributed by atoms with van der Waals surface area (Å²) in [6.45, 7) is 4.65. The number of hydrogen-bond acceptors (Lipinski definition) is 4. The third-order valence-corrected chi connectivity index (χ3v) is 8.92. The van der Waals surface area contributed by atoms with Crippen LogP contribution in [0.2, 0.25) is 0 Å². The fourth-order valence-corrected chi connectivity index (χ4v) is 6.59. The van der Waals surface area contributed by atoms with Crippen LogP contribution in [0.25, 0.3) is 45.3 Å². The van der Waals surface area contributed by atoms with Gasteiger partial charge >= 0.3 is 0 Å². The fraction of sp³-hybridized carbons (Fsp3) is 0.0714. The number of para-hydroxylation sites is 2. The van der Waals surface area contributed by atoms with Crippen LogP contribution in [-0.4, -0.2) is 15.0 Å². The summed E-state index contributed by atoms with van der Waals surface area (Å²) < 4.78 is 0. The Labute approximate surface area is 269 Å². The standard InChI is InChI=1S/C42H32N4/c1-42(2)35-24-14-15-25-37(35)46(32-20-10-5-11-21-32)38-27-26-31(28-36(38)42)33-22-12-13-23-34(33)41-44-39(29-16-6-3-7-17-29)43-40(45-41)30-18-8-4-9-19-30/h3-28H,1-2H3. The first-order chi connectivity index (χ1) is 22.6. The highest BCUT2D eigenvalue weighted by molar-refractivity contribution is 5.89. The smallest absolute Gasteiger partial charge is 0.164 e. The lowest BCUT2D eigenvalue weighted by molar-refractivity contribution is 0.632. The maximum absolute atomic E-state index is 5.05. The minimum Gasteiger partial charge on any atom is -0.310 e. The Bertz CT molecular complexity index is 2120. The molecular weight excluding hydrogens is 560 g/mol. The molecule has 0 N–H and O–H groups in total. The van der Waals surface area contributed by atoms with Crippen molar-refractivity contribution in [1.29, 1.82) is 0 Å².